The third kappa shape index (κ3) is 14.7. The Bertz CT molecular complexity index is 262. The van der Waals surface area contributed by atoms with E-state index in [1.807, 2.05) is 0 Å². The minimum Gasteiger partial charge on any atom is -0.466 e. The summed E-state index contributed by atoms with van der Waals surface area (Å²) in [6.45, 7) is 4.10. The van der Waals surface area contributed by atoms with Crippen LogP contribution in [0.4, 0.5) is 0 Å². The van der Waals surface area contributed by atoms with Gasteiger partial charge in [-0.2, -0.15) is 0 Å². The predicted octanol–water partition coefficient (Wildman–Crippen LogP) is 4.19. The Labute approximate surface area is 105 Å². The summed E-state index contributed by atoms with van der Waals surface area (Å²) >= 11 is 0. The maximum Gasteiger partial charge on any atom is 0.302 e. The fourth-order valence-electron chi connectivity index (χ4n) is 1.24. The molecule has 17 heavy (non-hydrogen) atoms. The highest BCUT2D eigenvalue weighted by Crippen LogP contribution is 1.96. The lowest BCUT2D eigenvalue weighted by atomic mass is 10.2. The van der Waals surface area contributed by atoms with Crippen LogP contribution in [-0.4, -0.2) is 12.6 Å². The zero-order valence-electron chi connectivity index (χ0n) is 11.0. The van der Waals surface area contributed by atoms with E-state index < -0.39 is 0 Å². The number of allylic oxidation sites excluding steroid dienone is 6. The summed E-state index contributed by atoms with van der Waals surface area (Å²) in [7, 11) is 0. The van der Waals surface area contributed by atoms with Gasteiger partial charge in [-0.25, -0.2) is 0 Å². The molecule has 0 aromatic heterocycles. The number of carbonyl (C=O) groups excluding carboxylic acids is 1. The lowest BCUT2D eigenvalue weighted by molar-refractivity contribution is -0.141. The van der Waals surface area contributed by atoms with E-state index in [9.17, 15) is 4.79 Å². The highest BCUT2D eigenvalue weighted by molar-refractivity contribution is 5.65. The van der Waals surface area contributed by atoms with Gasteiger partial charge in [0.25, 0.3) is 0 Å². The van der Waals surface area contributed by atoms with E-state index in [-0.39, 0.29) is 5.97 Å². The highest BCUT2D eigenvalue weighted by Gasteiger charge is 1.89. The van der Waals surface area contributed by atoms with Crippen LogP contribution >= 0.6 is 0 Å². The Morgan fingerprint density at radius 3 is 2.18 bits per heavy atom. The van der Waals surface area contributed by atoms with Gasteiger partial charge in [0.05, 0.1) is 6.61 Å². The van der Waals surface area contributed by atoms with Gasteiger partial charge in [0.2, 0.25) is 0 Å². The van der Waals surface area contributed by atoms with Crippen LogP contribution in [0.2, 0.25) is 0 Å². The van der Waals surface area contributed by atoms with E-state index in [0.29, 0.717) is 6.61 Å². The van der Waals surface area contributed by atoms with Crippen LogP contribution in [0.15, 0.2) is 36.5 Å². The van der Waals surface area contributed by atoms with Crippen LogP contribution in [0, 0.1) is 0 Å². The summed E-state index contributed by atoms with van der Waals surface area (Å²) in [5.74, 6) is -0.197. The first-order chi connectivity index (χ1) is 8.27. The maximum atomic E-state index is 10.5. The fraction of sp³-hybridized carbons (Fsp3) is 0.533. The zero-order valence-corrected chi connectivity index (χ0v) is 11.0. The molecule has 0 N–H and O–H groups in total. The summed E-state index contributed by atoms with van der Waals surface area (Å²) in [5.41, 5.74) is 0. The number of esters is 1. The molecule has 0 fully saturated rings. The molecule has 0 aromatic rings. The van der Waals surface area contributed by atoms with E-state index >= 15 is 0 Å². The summed E-state index contributed by atoms with van der Waals surface area (Å²) in [5, 5.41) is 0. The van der Waals surface area contributed by atoms with E-state index in [0.717, 1.165) is 32.1 Å². The van der Waals surface area contributed by atoms with Crippen molar-refractivity contribution in [2.24, 2.45) is 0 Å². The molecule has 2 nitrogen and oxygen atoms in total. The van der Waals surface area contributed by atoms with Crippen molar-refractivity contribution in [3.05, 3.63) is 36.5 Å². The molecule has 0 amide bonds. The number of hydrogen-bond donors (Lipinski definition) is 0. The fourth-order valence-corrected chi connectivity index (χ4v) is 1.24. The second-order valence-corrected chi connectivity index (χ2v) is 3.78. The Hall–Kier alpha value is -1.31. The molecule has 0 aliphatic heterocycles. The Balaban J connectivity index is 3.30. The van der Waals surface area contributed by atoms with Gasteiger partial charge >= 0.3 is 5.97 Å². The van der Waals surface area contributed by atoms with Gasteiger partial charge in [-0.15, -0.1) is 0 Å². The van der Waals surface area contributed by atoms with Gasteiger partial charge < -0.3 is 4.74 Å². The van der Waals surface area contributed by atoms with Crippen molar-refractivity contribution >= 4 is 5.97 Å². The Morgan fingerprint density at radius 2 is 1.59 bits per heavy atom. The largest absolute Gasteiger partial charge is 0.466 e. The molecular formula is C15H24O2. The van der Waals surface area contributed by atoms with E-state index in [1.165, 1.54) is 6.92 Å². The van der Waals surface area contributed by atoms with Gasteiger partial charge in [-0.1, -0.05) is 43.4 Å². The third-order valence-electron chi connectivity index (χ3n) is 2.10. The molecule has 0 saturated heterocycles. The molecule has 0 unspecified atom stereocenters. The van der Waals surface area contributed by atoms with Crippen LogP contribution in [0.1, 0.15) is 46.0 Å². The predicted molar refractivity (Wildman–Crippen MR) is 72.8 cm³/mol. The average Bonchev–Trinajstić information content (AvgIpc) is 2.30. The molecule has 0 aliphatic rings. The maximum absolute atomic E-state index is 10.5. The Morgan fingerprint density at radius 1 is 1.00 bits per heavy atom. The molecule has 2 heteroatoms. The van der Waals surface area contributed by atoms with Gasteiger partial charge in [-0.05, 0) is 32.1 Å². The van der Waals surface area contributed by atoms with Gasteiger partial charge in [-0.3, -0.25) is 4.79 Å². The minimum absolute atomic E-state index is 0.197. The monoisotopic (exact) mass is 236 g/mol. The topological polar surface area (TPSA) is 26.3 Å². The van der Waals surface area contributed by atoms with Crippen LogP contribution < -0.4 is 0 Å². The van der Waals surface area contributed by atoms with Crippen molar-refractivity contribution in [3.8, 4) is 0 Å². The van der Waals surface area contributed by atoms with Crippen LogP contribution in [0.5, 0.6) is 0 Å². The first kappa shape index (κ1) is 15.7. The van der Waals surface area contributed by atoms with Gasteiger partial charge in [0.15, 0.2) is 0 Å². The number of unbranched alkanes of at least 4 members (excludes halogenated alkanes) is 1. The van der Waals surface area contributed by atoms with E-state index in [4.69, 9.17) is 4.74 Å². The van der Waals surface area contributed by atoms with Crippen LogP contribution in [0.3, 0.4) is 0 Å². The lowest BCUT2D eigenvalue weighted by Gasteiger charge is -1.97. The standard InChI is InChI=1S/C15H24O2/c1-3-4-5-6-7-8-9-10-11-12-13-14-17-15(2)16/h4-5,7-8,10-11H,3,6,9,12-14H2,1-2H3. The second-order valence-electron chi connectivity index (χ2n) is 3.78. The first-order valence-electron chi connectivity index (χ1n) is 6.35. The van der Waals surface area contributed by atoms with Crippen molar-refractivity contribution in [2.75, 3.05) is 6.61 Å². The van der Waals surface area contributed by atoms with Crippen molar-refractivity contribution in [1.29, 1.82) is 0 Å². The normalized spacial score (nSPS) is 11.9. The van der Waals surface area contributed by atoms with Crippen molar-refractivity contribution in [1.82, 2.24) is 0 Å². The van der Waals surface area contributed by atoms with Crippen molar-refractivity contribution < 1.29 is 9.53 Å². The summed E-state index contributed by atoms with van der Waals surface area (Å²) in [6.07, 6.45) is 18.0. The number of carbonyl (C=O) groups is 1. The SMILES string of the molecule is CCC=CCC=CCC=CCCCOC(C)=O. The molecule has 0 radical (unpaired) electrons. The smallest absolute Gasteiger partial charge is 0.302 e. The minimum atomic E-state index is -0.197. The molecule has 0 aromatic carbocycles. The van der Waals surface area contributed by atoms with Crippen LogP contribution in [-0.2, 0) is 9.53 Å². The zero-order chi connectivity index (χ0) is 12.8. The van der Waals surface area contributed by atoms with E-state index in [1.54, 1.807) is 0 Å². The van der Waals surface area contributed by atoms with Crippen molar-refractivity contribution in [2.45, 2.75) is 46.0 Å². The Kier molecular flexibility index (Phi) is 11.8. The first-order valence-corrected chi connectivity index (χ1v) is 6.35. The number of rotatable bonds is 9. The summed E-state index contributed by atoms with van der Waals surface area (Å²) in [4.78, 5) is 10.5. The third-order valence-corrected chi connectivity index (χ3v) is 2.10. The molecule has 0 aliphatic carbocycles. The summed E-state index contributed by atoms with van der Waals surface area (Å²) < 4.78 is 4.83. The molecule has 96 valence electrons. The van der Waals surface area contributed by atoms with E-state index in [2.05, 4.69) is 43.4 Å². The van der Waals surface area contributed by atoms with Crippen molar-refractivity contribution in [3.63, 3.8) is 0 Å². The van der Waals surface area contributed by atoms with Gasteiger partial charge in [0.1, 0.15) is 0 Å². The molecule has 0 atom stereocenters. The second kappa shape index (κ2) is 12.8. The number of ether oxygens (including phenoxy) is 1. The summed E-state index contributed by atoms with van der Waals surface area (Å²) in [6, 6.07) is 0. The molecule has 0 spiro atoms. The molecule has 0 heterocycles. The lowest BCUT2D eigenvalue weighted by Crippen LogP contribution is -1.99. The average molecular weight is 236 g/mol. The molecule has 0 rings (SSSR count). The highest BCUT2D eigenvalue weighted by atomic mass is 16.5. The molecule has 0 bridgehead atoms. The quantitative estimate of drug-likeness (QED) is 0.341. The number of hydrogen-bond acceptors (Lipinski definition) is 2. The van der Waals surface area contributed by atoms with Gasteiger partial charge in [0, 0.05) is 6.92 Å². The molecular weight excluding hydrogens is 212 g/mol. The molecule has 0 saturated carbocycles. The van der Waals surface area contributed by atoms with Crippen LogP contribution in [0.25, 0.3) is 0 Å².